The maximum absolute atomic E-state index is 13.9. The number of amides is 1. The highest BCUT2D eigenvalue weighted by atomic mass is 79.9. The molecule has 0 saturated heterocycles. The highest BCUT2D eigenvalue weighted by molar-refractivity contribution is 9.10. The second-order valence-corrected chi connectivity index (χ2v) is 9.17. The monoisotopic (exact) mass is 534 g/mol. The van der Waals surface area contributed by atoms with Crippen molar-refractivity contribution >= 4 is 27.5 Å². The first kappa shape index (κ1) is 23.9. The van der Waals surface area contributed by atoms with E-state index in [9.17, 15) is 18.0 Å². The lowest BCUT2D eigenvalue weighted by molar-refractivity contribution is -0.142. The minimum absolute atomic E-state index is 0.0214. The van der Waals surface area contributed by atoms with Gasteiger partial charge in [-0.05, 0) is 33.5 Å². The maximum atomic E-state index is 13.9. The Kier molecular flexibility index (Phi) is 6.24. The normalized spacial score (nSPS) is 12.0. The highest BCUT2D eigenvalue weighted by Gasteiger charge is 2.36. The molecule has 0 radical (unpaired) electrons. The van der Waals surface area contributed by atoms with Gasteiger partial charge >= 0.3 is 6.18 Å². The van der Waals surface area contributed by atoms with Crippen LogP contribution < -0.4 is 0 Å². The van der Waals surface area contributed by atoms with Crippen molar-refractivity contribution in [1.29, 1.82) is 0 Å². The third-order valence-corrected chi connectivity index (χ3v) is 6.27. The maximum Gasteiger partial charge on any atom is 0.433 e. The molecule has 0 aliphatic carbocycles. The number of benzene rings is 1. The summed E-state index contributed by atoms with van der Waals surface area (Å²) in [4.78, 5) is 19.0. The summed E-state index contributed by atoms with van der Waals surface area (Å²) in [5.74, 6) is -0.222. The van der Waals surface area contributed by atoms with Crippen LogP contribution in [-0.4, -0.2) is 42.2 Å². The van der Waals surface area contributed by atoms with Crippen molar-refractivity contribution in [2.75, 3.05) is 7.05 Å². The third kappa shape index (κ3) is 4.44. The molecule has 7 nitrogen and oxygen atoms in total. The predicted molar refractivity (Wildman–Crippen MR) is 124 cm³/mol. The molecule has 0 atom stereocenters. The Morgan fingerprint density at radius 2 is 1.82 bits per heavy atom. The summed E-state index contributed by atoms with van der Waals surface area (Å²) in [6.07, 6.45) is -1.96. The molecule has 178 valence electrons. The molecule has 1 aromatic carbocycles. The zero-order valence-electron chi connectivity index (χ0n) is 18.9. The standard InChI is InChI=1S/C23H22BrF3N6O/c1-13(2)14-5-7-15(8-6-14)18-9-20(23(25,26)27)33-21(30-18)16(10-29-33)22(34)31(3)12-19-17(24)11-28-32(19)4/h5-11,13H,12H2,1-4H3. The number of hydrogen-bond acceptors (Lipinski definition) is 4. The van der Waals surface area contributed by atoms with Gasteiger partial charge in [-0.15, -0.1) is 0 Å². The summed E-state index contributed by atoms with van der Waals surface area (Å²) in [5.41, 5.74) is 1.25. The fourth-order valence-corrected chi connectivity index (χ4v) is 4.09. The highest BCUT2D eigenvalue weighted by Crippen LogP contribution is 2.33. The van der Waals surface area contributed by atoms with E-state index in [4.69, 9.17) is 0 Å². The fraction of sp³-hybridized carbons (Fsp3) is 0.304. The topological polar surface area (TPSA) is 68.3 Å². The fourth-order valence-electron chi connectivity index (χ4n) is 3.62. The molecule has 0 fully saturated rings. The summed E-state index contributed by atoms with van der Waals surface area (Å²) in [5, 5.41) is 7.97. The quantitative estimate of drug-likeness (QED) is 0.348. The molecule has 34 heavy (non-hydrogen) atoms. The summed E-state index contributed by atoms with van der Waals surface area (Å²) >= 11 is 3.39. The Morgan fingerprint density at radius 3 is 2.38 bits per heavy atom. The van der Waals surface area contributed by atoms with Gasteiger partial charge in [0, 0.05) is 19.7 Å². The van der Waals surface area contributed by atoms with E-state index < -0.39 is 17.8 Å². The Hall–Kier alpha value is -3.21. The molecule has 0 spiro atoms. The van der Waals surface area contributed by atoms with E-state index in [0.717, 1.165) is 28.0 Å². The second kappa shape index (κ2) is 8.86. The van der Waals surface area contributed by atoms with Crippen molar-refractivity contribution in [3.8, 4) is 11.3 Å². The number of alkyl halides is 3. The van der Waals surface area contributed by atoms with Gasteiger partial charge in [0.2, 0.25) is 0 Å². The average molecular weight is 535 g/mol. The summed E-state index contributed by atoms with van der Waals surface area (Å²) in [7, 11) is 3.30. The van der Waals surface area contributed by atoms with E-state index in [1.54, 1.807) is 37.1 Å². The lowest BCUT2D eigenvalue weighted by Crippen LogP contribution is -2.27. The van der Waals surface area contributed by atoms with Crippen molar-refractivity contribution in [2.45, 2.75) is 32.5 Å². The van der Waals surface area contributed by atoms with Crippen LogP contribution in [0.3, 0.4) is 0 Å². The number of carbonyl (C=O) groups is 1. The molecule has 0 aliphatic heterocycles. The van der Waals surface area contributed by atoms with Gasteiger partial charge in [0.1, 0.15) is 5.56 Å². The molecule has 0 N–H and O–H groups in total. The molecule has 3 heterocycles. The minimum atomic E-state index is -4.69. The number of hydrogen-bond donors (Lipinski definition) is 0. The Labute approximate surface area is 202 Å². The molecule has 0 saturated carbocycles. The smallest absolute Gasteiger partial charge is 0.336 e. The number of carbonyl (C=O) groups excluding carboxylic acids is 1. The van der Waals surface area contributed by atoms with Crippen LogP contribution in [0.4, 0.5) is 13.2 Å². The van der Waals surface area contributed by atoms with Crippen molar-refractivity contribution in [3.63, 3.8) is 0 Å². The SMILES string of the molecule is CC(C)c1ccc(-c2cc(C(F)(F)F)n3ncc(C(=O)N(C)Cc4c(Br)cnn4C)c3n2)cc1. The van der Waals surface area contributed by atoms with Crippen LogP contribution in [0.2, 0.25) is 0 Å². The molecule has 1 amide bonds. The number of aryl methyl sites for hydroxylation is 1. The first-order valence-electron chi connectivity index (χ1n) is 10.5. The van der Waals surface area contributed by atoms with E-state index in [0.29, 0.717) is 10.1 Å². The zero-order chi connectivity index (χ0) is 24.8. The van der Waals surface area contributed by atoms with Crippen LogP contribution in [0, 0.1) is 0 Å². The minimum Gasteiger partial charge on any atom is -0.336 e. The van der Waals surface area contributed by atoms with Gasteiger partial charge in [-0.1, -0.05) is 38.1 Å². The van der Waals surface area contributed by atoms with Crippen LogP contribution in [0.25, 0.3) is 16.9 Å². The van der Waals surface area contributed by atoms with E-state index in [2.05, 4.69) is 31.1 Å². The van der Waals surface area contributed by atoms with E-state index in [-0.39, 0.29) is 29.4 Å². The van der Waals surface area contributed by atoms with Crippen LogP contribution >= 0.6 is 15.9 Å². The lowest BCUT2D eigenvalue weighted by atomic mass is 10.0. The van der Waals surface area contributed by atoms with Crippen LogP contribution in [0.1, 0.15) is 47.1 Å². The van der Waals surface area contributed by atoms with Gasteiger partial charge in [-0.25, -0.2) is 9.50 Å². The van der Waals surface area contributed by atoms with Gasteiger partial charge < -0.3 is 4.90 Å². The first-order chi connectivity index (χ1) is 16.0. The molecule has 0 bridgehead atoms. The average Bonchev–Trinajstić information content (AvgIpc) is 3.35. The predicted octanol–water partition coefficient (Wildman–Crippen LogP) is 5.31. The largest absolute Gasteiger partial charge is 0.433 e. The Bertz CT molecular complexity index is 1340. The van der Waals surface area contributed by atoms with Crippen molar-refractivity contribution in [2.24, 2.45) is 7.05 Å². The number of aromatic nitrogens is 5. The second-order valence-electron chi connectivity index (χ2n) is 8.32. The number of halogens is 4. The Morgan fingerprint density at radius 1 is 1.15 bits per heavy atom. The van der Waals surface area contributed by atoms with Gasteiger partial charge in [0.25, 0.3) is 5.91 Å². The zero-order valence-corrected chi connectivity index (χ0v) is 20.5. The van der Waals surface area contributed by atoms with Crippen molar-refractivity contribution < 1.29 is 18.0 Å². The van der Waals surface area contributed by atoms with Gasteiger partial charge in [-0.3, -0.25) is 9.48 Å². The van der Waals surface area contributed by atoms with E-state index in [1.807, 2.05) is 26.0 Å². The third-order valence-electron chi connectivity index (χ3n) is 5.61. The number of nitrogens with zero attached hydrogens (tertiary/aromatic N) is 6. The van der Waals surface area contributed by atoms with Crippen molar-refractivity contribution in [3.05, 3.63) is 69.7 Å². The molecule has 4 rings (SSSR count). The van der Waals surface area contributed by atoms with E-state index in [1.165, 1.54) is 4.90 Å². The van der Waals surface area contributed by atoms with Crippen LogP contribution in [0.5, 0.6) is 0 Å². The van der Waals surface area contributed by atoms with Crippen molar-refractivity contribution in [1.82, 2.24) is 29.3 Å². The van der Waals surface area contributed by atoms with Crippen LogP contribution in [0.15, 0.2) is 47.2 Å². The van der Waals surface area contributed by atoms with Gasteiger partial charge in [-0.2, -0.15) is 23.4 Å². The molecule has 4 aromatic rings. The molecule has 3 aromatic heterocycles. The first-order valence-corrected chi connectivity index (χ1v) is 11.2. The van der Waals surface area contributed by atoms with Crippen LogP contribution in [-0.2, 0) is 19.8 Å². The number of fused-ring (bicyclic) bond motifs is 1. The summed E-state index contributed by atoms with van der Waals surface area (Å²) < 4.78 is 44.7. The molecular weight excluding hydrogens is 513 g/mol. The van der Waals surface area contributed by atoms with Gasteiger partial charge in [0.05, 0.1) is 34.8 Å². The molecule has 0 aliphatic rings. The van der Waals surface area contributed by atoms with E-state index >= 15 is 0 Å². The lowest BCUT2D eigenvalue weighted by Gasteiger charge is -2.17. The molecule has 0 unspecified atom stereocenters. The summed E-state index contributed by atoms with van der Waals surface area (Å²) in [6.45, 7) is 4.26. The van der Waals surface area contributed by atoms with Gasteiger partial charge in [0.15, 0.2) is 11.3 Å². The molecular formula is C23H22BrF3N6O. The molecule has 11 heteroatoms. The Balaban J connectivity index is 1.79. The summed E-state index contributed by atoms with van der Waals surface area (Å²) in [6, 6.07) is 8.15. The number of rotatable bonds is 5.